The monoisotopic (exact) mass is 384 g/mol. The molecule has 28 heavy (non-hydrogen) atoms. The Bertz CT molecular complexity index is 891. The maximum atomic E-state index is 10.9. The molecule has 0 N–H and O–H groups in total. The van der Waals surface area contributed by atoms with Crippen molar-refractivity contribution in [3.63, 3.8) is 0 Å². The Morgan fingerprint density at radius 3 is 2.79 bits per heavy atom. The molecule has 0 spiro atoms. The highest BCUT2D eigenvalue weighted by molar-refractivity contribution is 5.65. The molecule has 0 radical (unpaired) electrons. The van der Waals surface area contributed by atoms with Crippen molar-refractivity contribution in [2.24, 2.45) is 0 Å². The van der Waals surface area contributed by atoms with Gasteiger partial charge in [-0.15, -0.1) is 0 Å². The molecule has 0 amide bonds. The van der Waals surface area contributed by atoms with Crippen LogP contribution in [0.3, 0.4) is 0 Å². The molecule has 6 heteroatoms. The third kappa shape index (κ3) is 3.46. The van der Waals surface area contributed by atoms with Gasteiger partial charge in [0.1, 0.15) is 6.10 Å². The van der Waals surface area contributed by atoms with Crippen LogP contribution in [0.4, 0.5) is 0 Å². The predicted molar refractivity (Wildman–Crippen MR) is 102 cm³/mol. The van der Waals surface area contributed by atoms with Gasteiger partial charge in [-0.3, -0.25) is 4.79 Å². The van der Waals surface area contributed by atoms with Crippen molar-refractivity contribution >= 4 is 5.97 Å². The number of esters is 1. The Labute approximate surface area is 164 Å². The maximum absolute atomic E-state index is 10.9. The standard InChI is InChI=1S/C22H24O6/c1-13-17-9-15(5-4-8-25-14(2)23)10-20(24-3)22(17)28-21(13)16-6-7-18-19(11-16)27-12-26-18/h6-7,9-11,13,21H,4-5,8,12H2,1-3H3/t13-,21-/m0/s1. The number of aryl methyl sites for hydroxylation is 1. The minimum Gasteiger partial charge on any atom is -0.493 e. The molecule has 4 rings (SSSR count). The predicted octanol–water partition coefficient (Wildman–Crippen LogP) is 4.16. The summed E-state index contributed by atoms with van der Waals surface area (Å²) in [4.78, 5) is 10.9. The van der Waals surface area contributed by atoms with Crippen LogP contribution >= 0.6 is 0 Å². The summed E-state index contributed by atoms with van der Waals surface area (Å²) in [5.74, 6) is 2.95. The molecule has 0 bridgehead atoms. The number of carbonyl (C=O) groups is 1. The molecule has 0 saturated carbocycles. The van der Waals surface area contributed by atoms with Crippen LogP contribution < -0.4 is 18.9 Å². The van der Waals surface area contributed by atoms with Crippen molar-refractivity contribution in [2.45, 2.75) is 38.7 Å². The molecular weight excluding hydrogens is 360 g/mol. The third-order valence-electron chi connectivity index (χ3n) is 5.19. The second kappa shape index (κ2) is 7.62. The molecule has 0 saturated heterocycles. The SMILES string of the molecule is COc1cc(CCCOC(C)=O)cc2c1O[C@H](c1ccc3c(c1)OCO3)[C@H]2C. The van der Waals surface area contributed by atoms with E-state index in [1.165, 1.54) is 6.92 Å². The molecule has 0 aliphatic carbocycles. The van der Waals surface area contributed by atoms with Gasteiger partial charge in [-0.1, -0.05) is 19.1 Å². The summed E-state index contributed by atoms with van der Waals surface area (Å²) in [5, 5.41) is 0. The first-order chi connectivity index (χ1) is 13.6. The molecule has 2 aromatic carbocycles. The molecule has 2 aliphatic rings. The lowest BCUT2D eigenvalue weighted by molar-refractivity contribution is -0.141. The third-order valence-corrected chi connectivity index (χ3v) is 5.19. The lowest BCUT2D eigenvalue weighted by Gasteiger charge is -2.16. The van der Waals surface area contributed by atoms with Crippen molar-refractivity contribution < 1.29 is 28.5 Å². The van der Waals surface area contributed by atoms with Crippen molar-refractivity contribution in [2.75, 3.05) is 20.5 Å². The second-order valence-corrected chi connectivity index (χ2v) is 7.10. The van der Waals surface area contributed by atoms with Gasteiger partial charge < -0.3 is 23.7 Å². The highest BCUT2D eigenvalue weighted by Crippen LogP contribution is 2.51. The van der Waals surface area contributed by atoms with Crippen LogP contribution in [-0.2, 0) is 16.0 Å². The molecule has 2 aromatic rings. The van der Waals surface area contributed by atoms with E-state index < -0.39 is 0 Å². The van der Waals surface area contributed by atoms with Gasteiger partial charge in [-0.05, 0) is 42.2 Å². The highest BCUT2D eigenvalue weighted by atomic mass is 16.7. The Morgan fingerprint density at radius 1 is 1.18 bits per heavy atom. The summed E-state index contributed by atoms with van der Waals surface area (Å²) in [6, 6.07) is 10.1. The van der Waals surface area contributed by atoms with Crippen LogP contribution in [-0.4, -0.2) is 26.5 Å². The first-order valence-corrected chi connectivity index (χ1v) is 9.47. The van der Waals surface area contributed by atoms with E-state index in [9.17, 15) is 4.79 Å². The van der Waals surface area contributed by atoms with E-state index in [2.05, 4.69) is 13.0 Å². The van der Waals surface area contributed by atoms with Gasteiger partial charge in [0.2, 0.25) is 6.79 Å². The fraction of sp³-hybridized carbons (Fsp3) is 0.409. The van der Waals surface area contributed by atoms with Crippen LogP contribution in [0.2, 0.25) is 0 Å². The Hall–Kier alpha value is -2.89. The van der Waals surface area contributed by atoms with E-state index in [1.54, 1.807) is 7.11 Å². The van der Waals surface area contributed by atoms with Crippen molar-refractivity contribution in [3.8, 4) is 23.0 Å². The molecule has 0 unspecified atom stereocenters. The summed E-state index contributed by atoms with van der Waals surface area (Å²) in [6.45, 7) is 4.25. The van der Waals surface area contributed by atoms with Gasteiger partial charge in [0.05, 0.1) is 13.7 Å². The minimum atomic E-state index is -0.250. The maximum Gasteiger partial charge on any atom is 0.302 e. The smallest absolute Gasteiger partial charge is 0.302 e. The van der Waals surface area contributed by atoms with Gasteiger partial charge in [0.25, 0.3) is 0 Å². The Kier molecular flexibility index (Phi) is 5.03. The lowest BCUT2D eigenvalue weighted by Crippen LogP contribution is -2.07. The first kappa shape index (κ1) is 18.5. The second-order valence-electron chi connectivity index (χ2n) is 7.10. The lowest BCUT2D eigenvalue weighted by atomic mass is 9.91. The van der Waals surface area contributed by atoms with E-state index in [1.807, 2.05) is 24.3 Å². The molecular formula is C22H24O6. The molecule has 148 valence electrons. The van der Waals surface area contributed by atoms with Crippen LogP contribution in [0.15, 0.2) is 30.3 Å². The average molecular weight is 384 g/mol. The van der Waals surface area contributed by atoms with Gasteiger partial charge in [-0.25, -0.2) is 0 Å². The highest BCUT2D eigenvalue weighted by Gasteiger charge is 2.35. The molecule has 0 aromatic heterocycles. The molecule has 2 heterocycles. The van der Waals surface area contributed by atoms with Crippen molar-refractivity contribution in [1.82, 2.24) is 0 Å². The van der Waals surface area contributed by atoms with E-state index in [-0.39, 0.29) is 24.8 Å². The molecule has 2 atom stereocenters. The fourth-order valence-corrected chi connectivity index (χ4v) is 3.77. The van der Waals surface area contributed by atoms with Crippen molar-refractivity contribution in [1.29, 1.82) is 0 Å². The largest absolute Gasteiger partial charge is 0.493 e. The first-order valence-electron chi connectivity index (χ1n) is 9.47. The van der Waals surface area contributed by atoms with Gasteiger partial charge in [-0.2, -0.15) is 0 Å². The van der Waals surface area contributed by atoms with Crippen LogP contribution in [0, 0.1) is 0 Å². The van der Waals surface area contributed by atoms with E-state index in [0.717, 1.165) is 52.5 Å². The average Bonchev–Trinajstić information content (AvgIpc) is 3.28. The molecule has 2 aliphatic heterocycles. The molecule has 6 nitrogen and oxygen atoms in total. The van der Waals surface area contributed by atoms with E-state index in [4.69, 9.17) is 23.7 Å². The fourth-order valence-electron chi connectivity index (χ4n) is 3.77. The zero-order chi connectivity index (χ0) is 19.7. The Balaban J connectivity index is 1.55. The van der Waals surface area contributed by atoms with Crippen molar-refractivity contribution in [3.05, 3.63) is 47.0 Å². The number of carbonyl (C=O) groups excluding carboxylic acids is 1. The van der Waals surface area contributed by atoms with E-state index in [0.29, 0.717) is 6.61 Å². The van der Waals surface area contributed by atoms with Gasteiger partial charge >= 0.3 is 5.97 Å². The quantitative estimate of drug-likeness (QED) is 0.551. The van der Waals surface area contributed by atoms with Crippen LogP contribution in [0.25, 0.3) is 0 Å². The number of ether oxygens (including phenoxy) is 5. The summed E-state index contributed by atoms with van der Waals surface area (Å²) < 4.78 is 27.8. The number of rotatable bonds is 6. The number of methoxy groups -OCH3 is 1. The summed E-state index contributed by atoms with van der Waals surface area (Å²) in [6.07, 6.45) is 1.45. The number of fused-ring (bicyclic) bond motifs is 2. The number of hydrogen-bond acceptors (Lipinski definition) is 6. The summed E-state index contributed by atoms with van der Waals surface area (Å²) in [7, 11) is 1.65. The zero-order valence-electron chi connectivity index (χ0n) is 16.3. The minimum absolute atomic E-state index is 0.116. The summed E-state index contributed by atoms with van der Waals surface area (Å²) in [5.41, 5.74) is 3.32. The number of hydrogen-bond donors (Lipinski definition) is 0. The Morgan fingerprint density at radius 2 is 2.00 bits per heavy atom. The van der Waals surface area contributed by atoms with E-state index >= 15 is 0 Å². The number of benzene rings is 2. The topological polar surface area (TPSA) is 63.2 Å². The normalized spacial score (nSPS) is 19.1. The van der Waals surface area contributed by atoms with Gasteiger partial charge in [0, 0.05) is 18.4 Å². The zero-order valence-corrected chi connectivity index (χ0v) is 16.3. The molecule has 0 fully saturated rings. The van der Waals surface area contributed by atoms with Crippen LogP contribution in [0.5, 0.6) is 23.0 Å². The van der Waals surface area contributed by atoms with Gasteiger partial charge in [0.15, 0.2) is 23.0 Å². The van der Waals surface area contributed by atoms with Crippen LogP contribution in [0.1, 0.15) is 49.0 Å². The summed E-state index contributed by atoms with van der Waals surface area (Å²) >= 11 is 0.